The summed E-state index contributed by atoms with van der Waals surface area (Å²) in [5.41, 5.74) is -0.283. The number of hydrogen-bond donors (Lipinski definition) is 2. The zero-order valence-corrected chi connectivity index (χ0v) is 27.8. The summed E-state index contributed by atoms with van der Waals surface area (Å²) >= 11 is 6.34. The smallest absolute Gasteiger partial charge is 0.416 e. The molecule has 0 saturated carbocycles. The molecule has 1 aliphatic rings. The average Bonchev–Trinajstić information content (AvgIpc) is 2.97. The Morgan fingerprint density at radius 3 is 2.40 bits per heavy atom. The number of carbonyl (C=O) groups excluding carboxylic acids is 1. The number of likely N-dealkylation sites (N-methyl/N-ethyl adjacent to an activating group) is 1. The molecule has 1 aliphatic heterocycles. The predicted molar refractivity (Wildman–Crippen MR) is 173 cm³/mol. The lowest BCUT2D eigenvalue weighted by Gasteiger charge is -2.26. The van der Waals surface area contributed by atoms with Crippen LogP contribution in [0.25, 0.3) is 11.1 Å². The Labute approximate surface area is 280 Å². The van der Waals surface area contributed by atoms with Gasteiger partial charge < -0.3 is 19.9 Å². The minimum Gasteiger partial charge on any atom is -0.481 e. The van der Waals surface area contributed by atoms with Crippen LogP contribution in [0.3, 0.4) is 0 Å². The van der Waals surface area contributed by atoms with Gasteiger partial charge in [-0.2, -0.15) is 13.2 Å². The number of pyridine rings is 1. The number of carboxylic acid groups (broad SMARTS) is 1. The van der Waals surface area contributed by atoms with Gasteiger partial charge in [-0.1, -0.05) is 37.3 Å². The summed E-state index contributed by atoms with van der Waals surface area (Å²) in [6, 6.07) is 3.20. The fourth-order valence-corrected chi connectivity index (χ4v) is 6.56. The number of carboxylic acids is 1. The van der Waals surface area contributed by atoms with Gasteiger partial charge in [-0.05, 0) is 98.8 Å². The SMILES string of the molecule is Cc1cc(F)cc2c1-c1cc(Cl)c(F)c(c1)[C@H](CC(=O)O)NC(=O)[C@@H](n1cc(CCN(C)C)c(C(F)(F)F)cc1=O)CCCCCCC2. The van der Waals surface area contributed by atoms with E-state index in [1.54, 1.807) is 25.9 Å². The topological polar surface area (TPSA) is 91.6 Å². The average molecular weight is 696 g/mol. The van der Waals surface area contributed by atoms with Crippen molar-refractivity contribution in [1.29, 1.82) is 0 Å². The first-order chi connectivity index (χ1) is 22.6. The van der Waals surface area contributed by atoms with Crippen molar-refractivity contribution < 1.29 is 36.6 Å². The molecule has 0 saturated heterocycles. The Morgan fingerprint density at radius 2 is 1.73 bits per heavy atom. The molecule has 2 N–H and O–H groups in total. The molecule has 2 aromatic carbocycles. The second kappa shape index (κ2) is 15.6. The molecule has 7 nitrogen and oxygen atoms in total. The Balaban J connectivity index is 1.87. The molecular formula is C35H39ClF5N3O4. The molecule has 0 unspecified atom stereocenters. The van der Waals surface area contributed by atoms with Gasteiger partial charge in [-0.15, -0.1) is 0 Å². The summed E-state index contributed by atoms with van der Waals surface area (Å²) < 4.78 is 73.1. The molecule has 0 fully saturated rings. The summed E-state index contributed by atoms with van der Waals surface area (Å²) in [4.78, 5) is 40.9. The fourth-order valence-electron chi connectivity index (χ4n) is 6.33. The first-order valence-corrected chi connectivity index (χ1v) is 16.2. The van der Waals surface area contributed by atoms with E-state index in [0.717, 1.165) is 23.6 Å². The number of fused-ring (bicyclic) bond motifs is 4. The largest absolute Gasteiger partial charge is 0.481 e. The molecule has 1 amide bonds. The van der Waals surface area contributed by atoms with Crippen molar-refractivity contribution in [1.82, 2.24) is 14.8 Å². The van der Waals surface area contributed by atoms with Crippen molar-refractivity contribution in [3.8, 4) is 11.1 Å². The molecule has 260 valence electrons. The van der Waals surface area contributed by atoms with E-state index in [-0.39, 0.29) is 35.5 Å². The van der Waals surface area contributed by atoms with E-state index in [4.69, 9.17) is 11.6 Å². The van der Waals surface area contributed by atoms with Gasteiger partial charge in [0.05, 0.1) is 23.0 Å². The van der Waals surface area contributed by atoms with Crippen molar-refractivity contribution in [3.05, 3.63) is 91.4 Å². The number of alkyl halides is 3. The van der Waals surface area contributed by atoms with Crippen LogP contribution in [0, 0.1) is 18.6 Å². The van der Waals surface area contributed by atoms with E-state index in [9.17, 15) is 37.1 Å². The highest BCUT2D eigenvalue weighted by atomic mass is 35.5. The summed E-state index contributed by atoms with van der Waals surface area (Å²) in [6.45, 7) is 1.94. The van der Waals surface area contributed by atoms with Gasteiger partial charge >= 0.3 is 12.1 Å². The number of nitrogens with one attached hydrogen (secondary N) is 1. The molecule has 2 heterocycles. The van der Waals surface area contributed by atoms with Crippen LogP contribution in [0.2, 0.25) is 5.02 Å². The van der Waals surface area contributed by atoms with Gasteiger partial charge in [0.25, 0.3) is 5.56 Å². The molecule has 0 radical (unpaired) electrons. The normalized spacial score (nSPS) is 18.0. The van der Waals surface area contributed by atoms with Gasteiger partial charge in [0.15, 0.2) is 0 Å². The van der Waals surface area contributed by atoms with Crippen molar-refractivity contribution in [3.63, 3.8) is 0 Å². The number of rotatable bonds is 6. The van der Waals surface area contributed by atoms with E-state index in [0.29, 0.717) is 54.0 Å². The minimum atomic E-state index is -4.81. The maximum absolute atomic E-state index is 15.7. The lowest BCUT2D eigenvalue weighted by atomic mass is 9.89. The van der Waals surface area contributed by atoms with Gasteiger partial charge in [-0.3, -0.25) is 14.4 Å². The molecule has 2 atom stereocenters. The number of benzene rings is 2. The second-order valence-corrected chi connectivity index (χ2v) is 13.0. The van der Waals surface area contributed by atoms with Crippen LogP contribution in [-0.4, -0.2) is 47.1 Å². The van der Waals surface area contributed by atoms with Gasteiger partial charge in [-0.25, -0.2) is 8.78 Å². The third-order valence-electron chi connectivity index (χ3n) is 8.66. The molecule has 1 aromatic heterocycles. The number of aromatic nitrogens is 1. The zero-order valence-electron chi connectivity index (χ0n) is 27.0. The van der Waals surface area contributed by atoms with E-state index < -0.39 is 59.3 Å². The van der Waals surface area contributed by atoms with Crippen LogP contribution < -0.4 is 10.9 Å². The van der Waals surface area contributed by atoms with Crippen LogP contribution in [0.15, 0.2) is 41.3 Å². The first kappa shape index (κ1) is 37.1. The van der Waals surface area contributed by atoms with Crippen molar-refractivity contribution in [2.45, 2.75) is 83.0 Å². The van der Waals surface area contributed by atoms with E-state index in [1.165, 1.54) is 24.3 Å². The summed E-state index contributed by atoms with van der Waals surface area (Å²) in [7, 11) is 3.39. The fraction of sp³-hybridized carbons (Fsp3) is 0.457. The number of aryl methyl sites for hydroxylation is 2. The number of hydrogen-bond acceptors (Lipinski definition) is 4. The minimum absolute atomic E-state index is 0.0561. The highest BCUT2D eigenvalue weighted by molar-refractivity contribution is 6.31. The maximum Gasteiger partial charge on any atom is 0.416 e. The first-order valence-electron chi connectivity index (χ1n) is 15.8. The van der Waals surface area contributed by atoms with E-state index in [1.807, 2.05) is 0 Å². The summed E-state index contributed by atoms with van der Waals surface area (Å²) in [5.74, 6) is -3.63. The second-order valence-electron chi connectivity index (χ2n) is 12.6. The number of nitrogens with zero attached hydrogens (tertiary/aromatic N) is 2. The summed E-state index contributed by atoms with van der Waals surface area (Å²) in [5, 5.41) is 12.0. The lowest BCUT2D eigenvalue weighted by molar-refractivity contribution is -0.139. The van der Waals surface area contributed by atoms with Gasteiger partial charge in [0.1, 0.15) is 17.7 Å². The monoisotopic (exact) mass is 695 g/mol. The standard InChI is InChI=1S/C35H39ClF5N3O4/c1-20-13-24(37)14-21-9-7-5-4-6-8-10-29(44-19-22(11-12-43(2)3)26(17-30(44)45)35(39,40)41)34(48)42-28(18-31(46)47)25-15-23(32(20)21)16-27(36)33(25)38/h13-17,19,28-29H,4-12,18H2,1-3H3,(H,42,48)(H,46,47)/t28-,29-/m0/s1. The maximum atomic E-state index is 15.7. The van der Waals surface area contributed by atoms with Gasteiger partial charge in [0, 0.05) is 24.4 Å². The Hall–Kier alpha value is -3.77. The van der Waals surface area contributed by atoms with Crippen molar-refractivity contribution in [2.75, 3.05) is 20.6 Å². The highest BCUT2D eigenvalue weighted by Gasteiger charge is 2.36. The van der Waals surface area contributed by atoms with Crippen LogP contribution >= 0.6 is 11.6 Å². The zero-order chi connectivity index (χ0) is 35.3. The van der Waals surface area contributed by atoms with Crippen LogP contribution in [0.4, 0.5) is 22.0 Å². The molecule has 2 bridgehead atoms. The Morgan fingerprint density at radius 1 is 1.04 bits per heavy atom. The molecule has 3 aromatic rings. The third-order valence-corrected chi connectivity index (χ3v) is 8.93. The quantitative estimate of drug-likeness (QED) is 0.259. The number of halogens is 6. The number of carbonyl (C=O) groups is 2. The number of aliphatic carboxylic acids is 1. The Kier molecular flexibility index (Phi) is 12.1. The molecule has 0 aliphatic carbocycles. The van der Waals surface area contributed by atoms with Crippen molar-refractivity contribution in [2.24, 2.45) is 0 Å². The molecule has 4 rings (SSSR count). The molecular weight excluding hydrogens is 657 g/mol. The van der Waals surface area contributed by atoms with Crippen LogP contribution in [-0.2, 0) is 28.6 Å². The molecule has 0 spiro atoms. The molecule has 48 heavy (non-hydrogen) atoms. The van der Waals surface area contributed by atoms with E-state index in [2.05, 4.69) is 5.32 Å². The van der Waals surface area contributed by atoms with Gasteiger partial charge in [0.2, 0.25) is 5.91 Å². The third kappa shape index (κ3) is 9.02. The van der Waals surface area contributed by atoms with Crippen LogP contribution in [0.5, 0.6) is 0 Å². The van der Waals surface area contributed by atoms with Crippen molar-refractivity contribution >= 4 is 23.5 Å². The summed E-state index contributed by atoms with van der Waals surface area (Å²) in [6.07, 6.45) is -0.769. The predicted octanol–water partition coefficient (Wildman–Crippen LogP) is 7.65. The Bertz CT molecular complexity index is 1720. The molecule has 13 heteroatoms. The highest BCUT2D eigenvalue weighted by Crippen LogP contribution is 2.37. The van der Waals surface area contributed by atoms with E-state index >= 15 is 4.39 Å². The number of amides is 1. The lowest BCUT2D eigenvalue weighted by Crippen LogP contribution is -2.40. The van der Waals surface area contributed by atoms with Crippen LogP contribution in [0.1, 0.15) is 84.8 Å².